The number of methoxy groups -OCH3 is 1. The van der Waals surface area contributed by atoms with Crippen LogP contribution in [0.2, 0.25) is 0 Å². The van der Waals surface area contributed by atoms with E-state index in [0.29, 0.717) is 3.57 Å². The zero-order chi connectivity index (χ0) is 17.3. The number of nitrogen functional groups attached to an aromatic ring is 1. The highest BCUT2D eigenvalue weighted by Crippen LogP contribution is 2.31. The van der Waals surface area contributed by atoms with Crippen molar-refractivity contribution in [2.45, 2.75) is 0 Å². The van der Waals surface area contributed by atoms with Gasteiger partial charge in [0.2, 0.25) is 0 Å². The first kappa shape index (κ1) is 17.5. The predicted octanol–water partition coefficient (Wildman–Crippen LogP) is 2.63. The number of aromatic carboxylic acids is 1. The Labute approximate surface area is 158 Å². The van der Waals surface area contributed by atoms with Crippen molar-refractivity contribution in [3.63, 3.8) is 0 Å². The summed E-state index contributed by atoms with van der Waals surface area (Å²) in [6.45, 7) is 0. The number of nitrogens with zero attached hydrogens (tertiary/aromatic N) is 2. The van der Waals surface area contributed by atoms with Crippen molar-refractivity contribution < 1.29 is 19.4 Å². The molecule has 7 nitrogen and oxygen atoms in total. The van der Waals surface area contributed by atoms with Crippen molar-refractivity contribution in [2.75, 3.05) is 12.8 Å². The summed E-state index contributed by atoms with van der Waals surface area (Å²) >= 11 is 3.97. The van der Waals surface area contributed by atoms with Crippen LogP contribution in [0.3, 0.4) is 0 Å². The maximum Gasteiger partial charge on any atom is 0.357 e. The fraction of sp³-hybridized carbons (Fsp3) is 0.0714. The standard InChI is InChI=1S/C14H9I2N3O4/c1-23-14(22)12-10(18)6(4-17)5-19(12)11-8(13(20)21)2-7(15)3-9(11)16/h2-3,5H,18H2,1H3,(H,20,21). The van der Waals surface area contributed by atoms with Crippen LogP contribution in [0.4, 0.5) is 5.69 Å². The predicted molar refractivity (Wildman–Crippen MR) is 98.6 cm³/mol. The van der Waals surface area contributed by atoms with Crippen LogP contribution in [0.25, 0.3) is 5.69 Å². The number of anilines is 1. The van der Waals surface area contributed by atoms with E-state index >= 15 is 0 Å². The van der Waals surface area contributed by atoms with E-state index in [1.807, 2.05) is 51.3 Å². The minimum absolute atomic E-state index is 0.00839. The Morgan fingerprint density at radius 2 is 2.04 bits per heavy atom. The number of carboxylic acids is 1. The van der Waals surface area contributed by atoms with E-state index < -0.39 is 11.9 Å². The number of hydrogen-bond acceptors (Lipinski definition) is 5. The molecule has 0 aliphatic heterocycles. The Kier molecular flexibility index (Phi) is 5.15. The number of rotatable bonds is 3. The molecule has 0 amide bonds. The summed E-state index contributed by atoms with van der Waals surface area (Å²) in [4.78, 5) is 23.6. The van der Waals surface area contributed by atoms with E-state index in [4.69, 9.17) is 15.7 Å². The number of benzene rings is 1. The molecule has 0 radical (unpaired) electrons. The average molecular weight is 537 g/mol. The number of aromatic nitrogens is 1. The van der Waals surface area contributed by atoms with Crippen molar-refractivity contribution in [3.8, 4) is 11.8 Å². The Bertz CT molecular complexity index is 868. The molecule has 0 aliphatic rings. The van der Waals surface area contributed by atoms with Crippen molar-refractivity contribution in [1.82, 2.24) is 4.57 Å². The molecule has 0 saturated carbocycles. The highest BCUT2D eigenvalue weighted by Gasteiger charge is 2.26. The molecule has 3 N–H and O–H groups in total. The van der Waals surface area contributed by atoms with Gasteiger partial charge in [-0.15, -0.1) is 0 Å². The van der Waals surface area contributed by atoms with Gasteiger partial charge >= 0.3 is 11.9 Å². The molecule has 0 saturated heterocycles. The molecule has 118 valence electrons. The summed E-state index contributed by atoms with van der Waals surface area (Å²) in [5.41, 5.74) is 6.02. The molecule has 1 heterocycles. The number of esters is 1. The molecule has 2 aromatic rings. The number of halogens is 2. The Morgan fingerprint density at radius 3 is 2.57 bits per heavy atom. The lowest BCUT2D eigenvalue weighted by atomic mass is 10.1. The first-order valence-corrected chi connectivity index (χ1v) is 8.19. The van der Waals surface area contributed by atoms with Crippen LogP contribution >= 0.6 is 45.2 Å². The molecule has 1 aromatic heterocycles. The average Bonchev–Trinajstić information content (AvgIpc) is 2.82. The molecule has 9 heteroatoms. The summed E-state index contributed by atoms with van der Waals surface area (Å²) in [5.74, 6) is -1.91. The quantitative estimate of drug-likeness (QED) is 0.460. The van der Waals surface area contributed by atoms with E-state index in [1.54, 1.807) is 6.07 Å². The zero-order valence-corrected chi connectivity index (χ0v) is 15.9. The minimum Gasteiger partial charge on any atom is -0.478 e. The highest BCUT2D eigenvalue weighted by molar-refractivity contribution is 14.1. The molecule has 2 rings (SSSR count). The van der Waals surface area contributed by atoms with Gasteiger partial charge in [-0.1, -0.05) is 0 Å². The monoisotopic (exact) mass is 537 g/mol. The summed E-state index contributed by atoms with van der Waals surface area (Å²) in [7, 11) is 1.18. The van der Waals surface area contributed by atoms with E-state index in [1.165, 1.54) is 23.9 Å². The van der Waals surface area contributed by atoms with E-state index in [-0.39, 0.29) is 28.2 Å². The molecular formula is C14H9I2N3O4. The smallest absolute Gasteiger partial charge is 0.357 e. The minimum atomic E-state index is -1.15. The fourth-order valence-electron chi connectivity index (χ4n) is 2.06. The van der Waals surface area contributed by atoms with Gasteiger partial charge in [-0.3, -0.25) is 0 Å². The first-order valence-electron chi connectivity index (χ1n) is 6.03. The second-order valence-electron chi connectivity index (χ2n) is 4.37. The summed E-state index contributed by atoms with van der Waals surface area (Å²) < 4.78 is 7.32. The molecule has 23 heavy (non-hydrogen) atoms. The molecule has 0 fully saturated rings. The molecule has 0 bridgehead atoms. The third-order valence-electron chi connectivity index (χ3n) is 3.04. The van der Waals surface area contributed by atoms with Crippen LogP contribution < -0.4 is 5.73 Å². The number of carbonyl (C=O) groups excluding carboxylic acids is 1. The van der Waals surface area contributed by atoms with Gasteiger partial charge in [0.15, 0.2) is 5.69 Å². The second kappa shape index (κ2) is 6.75. The second-order valence-corrected chi connectivity index (χ2v) is 6.78. The van der Waals surface area contributed by atoms with Crippen molar-refractivity contribution in [2.24, 2.45) is 0 Å². The fourth-order valence-corrected chi connectivity index (χ4v) is 4.17. The van der Waals surface area contributed by atoms with E-state index in [9.17, 15) is 14.7 Å². The molecule has 0 unspecified atom stereocenters. The zero-order valence-electron chi connectivity index (χ0n) is 11.6. The lowest BCUT2D eigenvalue weighted by Gasteiger charge is -2.14. The van der Waals surface area contributed by atoms with Gasteiger partial charge in [0, 0.05) is 13.3 Å². The van der Waals surface area contributed by atoms with E-state index in [2.05, 4.69) is 0 Å². The SMILES string of the molecule is COC(=O)c1c(N)c(C#N)cn1-c1c(I)cc(I)cc1C(=O)O. The number of carboxylic acid groups (broad SMARTS) is 1. The Morgan fingerprint density at radius 1 is 1.39 bits per heavy atom. The largest absolute Gasteiger partial charge is 0.478 e. The maximum absolute atomic E-state index is 12.0. The van der Waals surface area contributed by atoms with Crippen LogP contribution in [-0.2, 0) is 4.74 Å². The summed E-state index contributed by atoms with van der Waals surface area (Å²) in [6, 6.07) is 5.11. The van der Waals surface area contributed by atoms with Crippen LogP contribution in [0.15, 0.2) is 18.3 Å². The molecule has 0 atom stereocenters. The van der Waals surface area contributed by atoms with Gasteiger partial charge < -0.3 is 20.1 Å². The third-order valence-corrected chi connectivity index (χ3v) is 4.49. The molecule has 1 aromatic carbocycles. The molecule has 0 aliphatic carbocycles. The van der Waals surface area contributed by atoms with Crippen LogP contribution in [-0.4, -0.2) is 28.7 Å². The normalized spacial score (nSPS) is 10.2. The third kappa shape index (κ3) is 3.13. The van der Waals surface area contributed by atoms with Crippen LogP contribution in [0, 0.1) is 18.5 Å². The van der Waals surface area contributed by atoms with Gasteiger partial charge in [0.05, 0.1) is 29.6 Å². The van der Waals surface area contributed by atoms with Gasteiger partial charge in [0.25, 0.3) is 0 Å². The first-order chi connectivity index (χ1) is 10.8. The summed E-state index contributed by atoms with van der Waals surface area (Å²) in [5, 5.41) is 18.6. The molecule has 0 spiro atoms. The highest BCUT2D eigenvalue weighted by atomic mass is 127. The van der Waals surface area contributed by atoms with Gasteiger partial charge in [-0.05, 0) is 57.3 Å². The van der Waals surface area contributed by atoms with E-state index in [0.717, 1.165) is 3.57 Å². The molecular weight excluding hydrogens is 528 g/mol. The maximum atomic E-state index is 12.0. The van der Waals surface area contributed by atoms with Crippen LogP contribution in [0.5, 0.6) is 0 Å². The van der Waals surface area contributed by atoms with Crippen molar-refractivity contribution in [1.29, 1.82) is 5.26 Å². The topological polar surface area (TPSA) is 118 Å². The number of hydrogen-bond donors (Lipinski definition) is 2. The summed E-state index contributed by atoms with van der Waals surface area (Å²) in [6.07, 6.45) is 1.33. The lowest BCUT2D eigenvalue weighted by Crippen LogP contribution is -2.15. The van der Waals surface area contributed by atoms with Gasteiger partial charge in [0.1, 0.15) is 6.07 Å². The van der Waals surface area contributed by atoms with Crippen LogP contribution in [0.1, 0.15) is 26.4 Å². The number of nitrogens with two attached hydrogens (primary N) is 1. The van der Waals surface area contributed by atoms with Gasteiger partial charge in [-0.2, -0.15) is 5.26 Å². The van der Waals surface area contributed by atoms with Crippen molar-refractivity contribution in [3.05, 3.63) is 42.3 Å². The Hall–Kier alpha value is -1.81. The number of carbonyl (C=O) groups is 2. The van der Waals surface area contributed by atoms with Crippen molar-refractivity contribution >= 4 is 62.8 Å². The van der Waals surface area contributed by atoms with Gasteiger partial charge in [-0.25, -0.2) is 9.59 Å². The Balaban J connectivity index is 2.91. The number of ether oxygens (including phenoxy) is 1. The number of nitriles is 1. The lowest BCUT2D eigenvalue weighted by molar-refractivity contribution is 0.0590.